The van der Waals surface area contributed by atoms with Gasteiger partial charge in [-0.3, -0.25) is 14.2 Å². The fraction of sp³-hybridized carbons (Fsp3) is 0.0625. The molecular weight excluding hydrogens is 337 g/mol. The van der Waals surface area contributed by atoms with Crippen molar-refractivity contribution < 1.29 is 0 Å². The molecule has 7 heteroatoms. The number of rotatable bonds is 1. The van der Waals surface area contributed by atoms with Gasteiger partial charge < -0.3 is 4.98 Å². The van der Waals surface area contributed by atoms with E-state index in [-0.39, 0.29) is 11.1 Å². The molecule has 0 aromatic carbocycles. The Hall–Kier alpha value is -2.37. The number of nitrogens with zero attached hydrogens (tertiary/aromatic N) is 2. The van der Waals surface area contributed by atoms with Crippen LogP contribution in [-0.2, 0) is 0 Å². The molecule has 0 amide bonds. The monoisotopic (exact) mass is 349 g/mol. The van der Waals surface area contributed by atoms with Crippen LogP contribution in [0.25, 0.3) is 5.82 Å². The van der Waals surface area contributed by atoms with Crippen LogP contribution in [0.15, 0.2) is 64.6 Å². The molecule has 118 valence electrons. The summed E-state index contributed by atoms with van der Waals surface area (Å²) < 4.78 is 1.42. The van der Waals surface area contributed by atoms with E-state index in [1.165, 1.54) is 22.9 Å². The summed E-state index contributed by atoms with van der Waals surface area (Å²) in [5.74, 6) is 0.577. The molecule has 0 unspecified atom stereocenters. The van der Waals surface area contributed by atoms with Gasteiger partial charge in [0.1, 0.15) is 5.82 Å². The molecular formula is C16H13Cl2N3O2. The second-order valence-electron chi connectivity index (χ2n) is 4.62. The third-order valence-electron chi connectivity index (χ3n) is 2.76. The van der Waals surface area contributed by atoms with Gasteiger partial charge in [0.05, 0.1) is 10.0 Å². The van der Waals surface area contributed by atoms with E-state index in [1.54, 1.807) is 30.6 Å². The molecule has 0 aliphatic heterocycles. The van der Waals surface area contributed by atoms with Crippen molar-refractivity contribution in [3.8, 4) is 5.82 Å². The summed E-state index contributed by atoms with van der Waals surface area (Å²) in [4.78, 5) is 28.4. The first-order chi connectivity index (χ1) is 11.0. The molecule has 0 saturated carbocycles. The van der Waals surface area contributed by atoms with Crippen molar-refractivity contribution in [2.45, 2.75) is 6.92 Å². The lowest BCUT2D eigenvalue weighted by Crippen LogP contribution is -2.17. The second-order valence-corrected chi connectivity index (χ2v) is 5.49. The van der Waals surface area contributed by atoms with Crippen molar-refractivity contribution in [1.29, 1.82) is 0 Å². The van der Waals surface area contributed by atoms with Gasteiger partial charge in [-0.15, -0.1) is 0 Å². The maximum atomic E-state index is 11.5. The summed E-state index contributed by atoms with van der Waals surface area (Å²) in [6.07, 6.45) is 4.72. The zero-order valence-electron chi connectivity index (χ0n) is 12.2. The van der Waals surface area contributed by atoms with Crippen molar-refractivity contribution in [3.05, 3.63) is 91.3 Å². The zero-order chi connectivity index (χ0) is 16.8. The molecule has 0 radical (unpaired) electrons. The van der Waals surface area contributed by atoms with Gasteiger partial charge in [-0.25, -0.2) is 4.98 Å². The lowest BCUT2D eigenvalue weighted by atomic mass is 10.3. The molecule has 0 aliphatic carbocycles. The average molecular weight is 350 g/mol. The predicted molar refractivity (Wildman–Crippen MR) is 91.7 cm³/mol. The molecule has 5 nitrogen and oxygen atoms in total. The Morgan fingerprint density at radius 3 is 2.30 bits per heavy atom. The smallest absolute Gasteiger partial charge is 0.256 e. The second kappa shape index (κ2) is 7.76. The van der Waals surface area contributed by atoms with E-state index in [0.29, 0.717) is 15.9 Å². The van der Waals surface area contributed by atoms with Crippen molar-refractivity contribution in [2.75, 3.05) is 0 Å². The molecule has 0 fully saturated rings. The number of aromatic amines is 1. The Morgan fingerprint density at radius 1 is 1.00 bits per heavy atom. The first kappa shape index (κ1) is 17.0. The largest absolute Gasteiger partial charge is 0.328 e. The van der Waals surface area contributed by atoms with Crippen LogP contribution in [0.1, 0.15) is 5.56 Å². The fourth-order valence-electron chi connectivity index (χ4n) is 1.63. The Balaban J connectivity index is 0.000000203. The Morgan fingerprint density at radius 2 is 1.74 bits per heavy atom. The molecule has 1 N–H and O–H groups in total. The molecule has 0 bridgehead atoms. The van der Waals surface area contributed by atoms with E-state index >= 15 is 0 Å². The molecule has 3 heterocycles. The minimum absolute atomic E-state index is 0.130. The molecule has 3 aromatic rings. The molecule has 23 heavy (non-hydrogen) atoms. The van der Waals surface area contributed by atoms with Gasteiger partial charge in [-0.2, -0.15) is 0 Å². The SMILES string of the molecule is Cc1ccc(-n2cc(Cl)ccc2=O)nc1.O=c1ccc(Cl)c[nH]1. The maximum absolute atomic E-state index is 11.5. The van der Waals surface area contributed by atoms with Crippen LogP contribution in [0.2, 0.25) is 10.0 Å². The summed E-state index contributed by atoms with van der Waals surface area (Å²) in [5, 5.41) is 1.06. The van der Waals surface area contributed by atoms with Crippen LogP contribution >= 0.6 is 23.2 Å². The summed E-state index contributed by atoms with van der Waals surface area (Å²) in [7, 11) is 0. The predicted octanol–water partition coefficient (Wildman–Crippen LogP) is 3.22. The lowest BCUT2D eigenvalue weighted by Gasteiger charge is -2.04. The minimum atomic E-state index is -0.143. The number of aryl methyl sites for hydroxylation is 1. The number of H-pyrrole nitrogens is 1. The van der Waals surface area contributed by atoms with E-state index in [9.17, 15) is 9.59 Å². The first-order valence-electron chi connectivity index (χ1n) is 6.61. The standard InChI is InChI=1S/C11H9ClN2O.C5H4ClNO/c1-8-2-4-10(13-6-8)14-7-9(12)3-5-11(14)15;6-4-1-2-5(8)7-3-4/h2-7H,1H3;1-3H,(H,7,8). The third kappa shape index (κ3) is 5.09. The van der Waals surface area contributed by atoms with Gasteiger partial charge in [-0.1, -0.05) is 29.3 Å². The fourth-order valence-corrected chi connectivity index (χ4v) is 1.91. The van der Waals surface area contributed by atoms with Crippen LogP contribution < -0.4 is 11.1 Å². The maximum Gasteiger partial charge on any atom is 0.256 e. The van der Waals surface area contributed by atoms with Crippen molar-refractivity contribution in [2.24, 2.45) is 0 Å². The van der Waals surface area contributed by atoms with E-state index in [1.807, 2.05) is 13.0 Å². The number of hydrogen-bond donors (Lipinski definition) is 1. The van der Waals surface area contributed by atoms with E-state index in [0.717, 1.165) is 5.56 Å². The average Bonchev–Trinajstić information content (AvgIpc) is 2.54. The summed E-state index contributed by atoms with van der Waals surface area (Å²) in [5.41, 5.74) is 0.777. The van der Waals surface area contributed by atoms with Gasteiger partial charge in [0.15, 0.2) is 0 Å². The van der Waals surface area contributed by atoms with Crippen LogP contribution in [0.5, 0.6) is 0 Å². The van der Waals surface area contributed by atoms with Gasteiger partial charge >= 0.3 is 0 Å². The number of halogens is 2. The molecule has 0 saturated heterocycles. The Bertz CT molecular complexity index is 882. The highest BCUT2D eigenvalue weighted by atomic mass is 35.5. The van der Waals surface area contributed by atoms with Crippen LogP contribution in [0.4, 0.5) is 0 Å². The zero-order valence-corrected chi connectivity index (χ0v) is 13.7. The highest BCUT2D eigenvalue weighted by Crippen LogP contribution is 2.08. The van der Waals surface area contributed by atoms with E-state index in [2.05, 4.69) is 9.97 Å². The lowest BCUT2D eigenvalue weighted by molar-refractivity contribution is 0.938. The van der Waals surface area contributed by atoms with E-state index in [4.69, 9.17) is 23.2 Å². The van der Waals surface area contributed by atoms with E-state index < -0.39 is 0 Å². The number of pyridine rings is 3. The van der Waals surface area contributed by atoms with Crippen molar-refractivity contribution in [3.63, 3.8) is 0 Å². The van der Waals surface area contributed by atoms with Gasteiger partial charge in [0, 0.05) is 30.7 Å². The third-order valence-corrected chi connectivity index (χ3v) is 3.22. The first-order valence-corrected chi connectivity index (χ1v) is 7.37. The topological polar surface area (TPSA) is 67.8 Å². The minimum Gasteiger partial charge on any atom is -0.328 e. The summed E-state index contributed by atoms with van der Waals surface area (Å²) >= 11 is 11.3. The summed E-state index contributed by atoms with van der Waals surface area (Å²) in [6.45, 7) is 1.94. The van der Waals surface area contributed by atoms with Crippen molar-refractivity contribution >= 4 is 23.2 Å². The van der Waals surface area contributed by atoms with Crippen LogP contribution in [0.3, 0.4) is 0 Å². The highest BCUT2D eigenvalue weighted by Gasteiger charge is 2.00. The van der Waals surface area contributed by atoms with Crippen LogP contribution in [0, 0.1) is 6.92 Å². The van der Waals surface area contributed by atoms with Gasteiger partial charge in [-0.05, 0) is 30.7 Å². The van der Waals surface area contributed by atoms with Crippen molar-refractivity contribution in [1.82, 2.24) is 14.5 Å². The molecule has 0 aliphatic rings. The van der Waals surface area contributed by atoms with Gasteiger partial charge in [0.2, 0.25) is 5.56 Å². The molecule has 0 spiro atoms. The Kier molecular flexibility index (Phi) is 5.73. The quantitative estimate of drug-likeness (QED) is 0.733. The number of hydrogen-bond acceptors (Lipinski definition) is 3. The summed E-state index contributed by atoms with van der Waals surface area (Å²) in [6, 6.07) is 9.59. The van der Waals surface area contributed by atoms with Crippen LogP contribution in [-0.4, -0.2) is 14.5 Å². The number of aromatic nitrogens is 3. The molecule has 3 aromatic heterocycles. The molecule has 3 rings (SSSR count). The Labute approximate surface area is 142 Å². The molecule has 0 atom stereocenters. The normalized spacial score (nSPS) is 9.87. The number of nitrogens with one attached hydrogen (secondary N) is 1. The van der Waals surface area contributed by atoms with Gasteiger partial charge in [0.25, 0.3) is 5.56 Å². The highest BCUT2D eigenvalue weighted by molar-refractivity contribution is 6.30.